The van der Waals surface area contributed by atoms with Crippen molar-refractivity contribution in [3.63, 3.8) is 0 Å². The molecule has 0 bridgehead atoms. The molecule has 1 rings (SSSR count). The van der Waals surface area contributed by atoms with Gasteiger partial charge in [0.1, 0.15) is 5.76 Å². The maximum Gasteiger partial charge on any atom is 0.169 e. The minimum Gasteiger partial charge on any atom is -0.502 e. The fourth-order valence-electron chi connectivity index (χ4n) is 1.22. The number of hydrogen-bond donors (Lipinski definition) is 1. The van der Waals surface area contributed by atoms with Gasteiger partial charge in [-0.15, -0.1) is 0 Å². The third-order valence-corrected chi connectivity index (χ3v) is 2.45. The fourth-order valence-corrected chi connectivity index (χ4v) is 1.54. The molecule has 0 saturated heterocycles. The molecule has 0 aliphatic heterocycles. The van der Waals surface area contributed by atoms with Crippen molar-refractivity contribution in [1.82, 2.24) is 5.32 Å². The molecule has 0 amide bonds. The second-order valence-electron chi connectivity index (χ2n) is 3.21. The SMILES string of the molecule is C=COCCCNC(C)c1ccc(Br)o1. The molecular weight excluding hydrogens is 258 g/mol. The highest BCUT2D eigenvalue weighted by molar-refractivity contribution is 9.10. The van der Waals surface area contributed by atoms with Crippen LogP contribution in [-0.4, -0.2) is 13.2 Å². The summed E-state index contributed by atoms with van der Waals surface area (Å²) < 4.78 is 11.2. The molecule has 1 atom stereocenters. The highest BCUT2D eigenvalue weighted by atomic mass is 79.9. The molecule has 0 aliphatic rings. The molecule has 0 aliphatic carbocycles. The average molecular weight is 274 g/mol. The van der Waals surface area contributed by atoms with E-state index < -0.39 is 0 Å². The summed E-state index contributed by atoms with van der Waals surface area (Å²) in [6.07, 6.45) is 2.42. The van der Waals surface area contributed by atoms with Crippen molar-refractivity contribution >= 4 is 15.9 Å². The van der Waals surface area contributed by atoms with Crippen LogP contribution in [0.3, 0.4) is 0 Å². The average Bonchev–Trinajstić information content (AvgIpc) is 2.64. The molecule has 1 heterocycles. The number of nitrogens with one attached hydrogen (secondary N) is 1. The van der Waals surface area contributed by atoms with E-state index in [9.17, 15) is 0 Å². The summed E-state index contributed by atoms with van der Waals surface area (Å²) in [5, 5.41) is 3.34. The lowest BCUT2D eigenvalue weighted by Gasteiger charge is -2.10. The molecule has 4 heteroatoms. The highest BCUT2D eigenvalue weighted by Crippen LogP contribution is 2.19. The van der Waals surface area contributed by atoms with Crippen LogP contribution in [-0.2, 0) is 4.74 Å². The Morgan fingerprint density at radius 2 is 2.47 bits per heavy atom. The lowest BCUT2D eigenvalue weighted by molar-refractivity contribution is 0.242. The number of halogens is 1. The first-order valence-electron chi connectivity index (χ1n) is 4.95. The van der Waals surface area contributed by atoms with Gasteiger partial charge < -0.3 is 14.5 Å². The van der Waals surface area contributed by atoms with Crippen LogP contribution in [0.2, 0.25) is 0 Å². The molecule has 0 saturated carbocycles. The second kappa shape index (κ2) is 6.69. The van der Waals surface area contributed by atoms with E-state index in [-0.39, 0.29) is 6.04 Å². The van der Waals surface area contributed by atoms with E-state index in [1.807, 2.05) is 12.1 Å². The van der Waals surface area contributed by atoms with Crippen LogP contribution in [0.1, 0.15) is 25.1 Å². The van der Waals surface area contributed by atoms with E-state index in [1.54, 1.807) is 0 Å². The Balaban J connectivity index is 2.18. The van der Waals surface area contributed by atoms with Crippen LogP contribution in [0, 0.1) is 0 Å². The zero-order valence-corrected chi connectivity index (χ0v) is 10.4. The number of hydrogen-bond acceptors (Lipinski definition) is 3. The molecule has 1 aromatic rings. The van der Waals surface area contributed by atoms with Crippen LogP contribution in [0.5, 0.6) is 0 Å². The van der Waals surface area contributed by atoms with Crippen molar-refractivity contribution < 1.29 is 9.15 Å². The van der Waals surface area contributed by atoms with Crippen LogP contribution in [0.25, 0.3) is 0 Å². The van der Waals surface area contributed by atoms with Gasteiger partial charge in [-0.2, -0.15) is 0 Å². The van der Waals surface area contributed by atoms with E-state index in [0.717, 1.165) is 23.4 Å². The third kappa shape index (κ3) is 4.53. The molecule has 3 nitrogen and oxygen atoms in total. The predicted molar refractivity (Wildman–Crippen MR) is 63.6 cm³/mol. The maximum absolute atomic E-state index is 5.43. The van der Waals surface area contributed by atoms with Gasteiger partial charge in [0.15, 0.2) is 4.67 Å². The van der Waals surface area contributed by atoms with Gasteiger partial charge in [0, 0.05) is 0 Å². The van der Waals surface area contributed by atoms with Gasteiger partial charge in [-0.05, 0) is 48.0 Å². The van der Waals surface area contributed by atoms with Crippen molar-refractivity contribution in [2.75, 3.05) is 13.2 Å². The van der Waals surface area contributed by atoms with Crippen molar-refractivity contribution in [1.29, 1.82) is 0 Å². The van der Waals surface area contributed by atoms with E-state index in [1.165, 1.54) is 6.26 Å². The third-order valence-electron chi connectivity index (χ3n) is 2.03. The van der Waals surface area contributed by atoms with E-state index >= 15 is 0 Å². The largest absolute Gasteiger partial charge is 0.502 e. The van der Waals surface area contributed by atoms with Gasteiger partial charge in [0.25, 0.3) is 0 Å². The maximum atomic E-state index is 5.43. The Labute approximate surface area is 98.6 Å². The van der Waals surface area contributed by atoms with Crippen molar-refractivity contribution in [2.45, 2.75) is 19.4 Å². The Morgan fingerprint density at radius 1 is 1.67 bits per heavy atom. The summed E-state index contributed by atoms with van der Waals surface area (Å²) in [5.74, 6) is 0.937. The molecule has 1 aromatic heterocycles. The Kier molecular flexibility index (Phi) is 5.50. The number of ether oxygens (including phenoxy) is 1. The zero-order chi connectivity index (χ0) is 11.1. The molecule has 0 aromatic carbocycles. The standard InChI is InChI=1S/C11H16BrNO2/c1-3-14-8-4-7-13-9(2)10-5-6-11(12)15-10/h3,5-6,9,13H,1,4,7-8H2,2H3. The van der Waals surface area contributed by atoms with Gasteiger partial charge in [-0.1, -0.05) is 6.58 Å². The van der Waals surface area contributed by atoms with E-state index in [2.05, 4.69) is 34.7 Å². The topological polar surface area (TPSA) is 34.4 Å². The van der Waals surface area contributed by atoms with Crippen molar-refractivity contribution in [3.8, 4) is 0 Å². The van der Waals surface area contributed by atoms with Crippen LogP contribution < -0.4 is 5.32 Å². The molecule has 84 valence electrons. The van der Waals surface area contributed by atoms with Crippen molar-refractivity contribution in [3.05, 3.63) is 35.4 Å². The Hall–Kier alpha value is -0.740. The first-order valence-corrected chi connectivity index (χ1v) is 5.74. The number of rotatable bonds is 7. The van der Waals surface area contributed by atoms with Gasteiger partial charge in [0.2, 0.25) is 0 Å². The summed E-state index contributed by atoms with van der Waals surface area (Å²) in [5.41, 5.74) is 0. The van der Waals surface area contributed by atoms with E-state index in [4.69, 9.17) is 9.15 Å². The van der Waals surface area contributed by atoms with Gasteiger partial charge in [-0.3, -0.25) is 0 Å². The summed E-state index contributed by atoms with van der Waals surface area (Å²) in [4.78, 5) is 0. The lowest BCUT2D eigenvalue weighted by atomic mass is 10.2. The minimum atomic E-state index is 0.222. The predicted octanol–water partition coefficient (Wildman–Crippen LogP) is 3.24. The Morgan fingerprint density at radius 3 is 3.07 bits per heavy atom. The first-order chi connectivity index (χ1) is 7.24. The van der Waals surface area contributed by atoms with Crippen LogP contribution in [0.4, 0.5) is 0 Å². The number of furan rings is 1. The smallest absolute Gasteiger partial charge is 0.169 e. The van der Waals surface area contributed by atoms with Crippen LogP contribution >= 0.6 is 15.9 Å². The molecule has 0 radical (unpaired) electrons. The monoisotopic (exact) mass is 273 g/mol. The Bertz CT molecular complexity index is 299. The zero-order valence-electron chi connectivity index (χ0n) is 8.83. The lowest BCUT2D eigenvalue weighted by Crippen LogP contribution is -2.20. The van der Waals surface area contributed by atoms with Crippen molar-refractivity contribution in [2.24, 2.45) is 0 Å². The van der Waals surface area contributed by atoms with Gasteiger partial charge in [0.05, 0.1) is 18.9 Å². The summed E-state index contributed by atoms with van der Waals surface area (Å²) in [7, 11) is 0. The molecular formula is C11H16BrNO2. The first kappa shape index (κ1) is 12.3. The quantitative estimate of drug-likeness (QED) is 0.612. The summed E-state index contributed by atoms with van der Waals surface area (Å²) in [6, 6.07) is 4.08. The summed E-state index contributed by atoms with van der Waals surface area (Å²) in [6.45, 7) is 7.15. The molecule has 0 fully saturated rings. The molecule has 15 heavy (non-hydrogen) atoms. The van der Waals surface area contributed by atoms with Gasteiger partial charge in [-0.25, -0.2) is 0 Å². The second-order valence-corrected chi connectivity index (χ2v) is 3.99. The summed E-state index contributed by atoms with van der Waals surface area (Å²) >= 11 is 3.28. The molecule has 0 spiro atoms. The van der Waals surface area contributed by atoms with E-state index in [0.29, 0.717) is 6.61 Å². The van der Waals surface area contributed by atoms with Crippen LogP contribution in [0.15, 0.2) is 34.1 Å². The normalized spacial score (nSPS) is 12.4. The fraction of sp³-hybridized carbons (Fsp3) is 0.455. The van der Waals surface area contributed by atoms with Gasteiger partial charge >= 0.3 is 0 Å². The minimum absolute atomic E-state index is 0.222. The molecule has 1 N–H and O–H groups in total. The highest BCUT2D eigenvalue weighted by Gasteiger charge is 2.08. The molecule has 1 unspecified atom stereocenters.